The molecule has 4 N–H and O–H groups in total. The number of likely N-dealkylation sites (N-methyl/N-ethyl adjacent to an activating group) is 2. The molecule has 5 bridgehead atoms. The van der Waals surface area contributed by atoms with Crippen LogP contribution in [0, 0.1) is 5.41 Å². The highest BCUT2D eigenvalue weighted by Crippen LogP contribution is 2.69. The second-order valence-corrected chi connectivity index (χ2v) is 9.02. The maximum absolute atomic E-state index is 13.2. The van der Waals surface area contributed by atoms with Crippen LogP contribution in [-0.4, -0.2) is 47.8 Å². The molecule has 0 saturated carbocycles. The largest absolute Gasteiger partial charge is 0.369 e. The van der Waals surface area contributed by atoms with Gasteiger partial charge in [0.2, 0.25) is 11.8 Å². The van der Waals surface area contributed by atoms with Gasteiger partial charge in [-0.05, 0) is 36.3 Å². The first-order valence-electron chi connectivity index (χ1n) is 10.1. The van der Waals surface area contributed by atoms with E-state index >= 15 is 0 Å². The van der Waals surface area contributed by atoms with E-state index in [-0.39, 0.29) is 30.0 Å². The molecule has 148 valence electrons. The number of hydrogen-bond acceptors (Lipinski definition) is 4. The number of piperidine rings is 2. The van der Waals surface area contributed by atoms with E-state index in [0.29, 0.717) is 0 Å². The second kappa shape index (κ2) is 5.26. The minimum atomic E-state index is -1.50. The van der Waals surface area contributed by atoms with Crippen molar-refractivity contribution < 1.29 is 9.59 Å². The molecule has 4 unspecified atom stereocenters. The standard InChI is InChI=1S/C23H24N4O2/c1-26-17-13-9-5-3-7-11(13)16-18-15(17)12-8-4-6-10-14(12)19(27(18)2)23(20(16)26,21(24)28)22(25)29/h3-10,15-20H,1-2H3,(H2,24,28)(H2,25,29)/t15?,16?,17?,18?,19-,20-/m0/s1. The van der Waals surface area contributed by atoms with Crippen LogP contribution >= 0.6 is 0 Å². The first-order chi connectivity index (χ1) is 13.9. The van der Waals surface area contributed by atoms with Gasteiger partial charge in [-0.1, -0.05) is 48.5 Å². The fraction of sp³-hybridized carbons (Fsp3) is 0.391. The highest BCUT2D eigenvalue weighted by Gasteiger charge is 2.74. The number of rotatable bonds is 2. The molecule has 7 rings (SSSR count). The van der Waals surface area contributed by atoms with Crippen LogP contribution in [0.1, 0.15) is 46.2 Å². The molecule has 0 aromatic heterocycles. The lowest BCUT2D eigenvalue weighted by molar-refractivity contribution is -0.184. The number of benzene rings is 2. The molecule has 5 aliphatic rings. The maximum atomic E-state index is 13.2. The van der Waals surface area contributed by atoms with E-state index < -0.39 is 23.3 Å². The zero-order valence-corrected chi connectivity index (χ0v) is 16.4. The van der Waals surface area contributed by atoms with E-state index in [1.165, 1.54) is 16.7 Å². The van der Waals surface area contributed by atoms with E-state index in [2.05, 4.69) is 34.1 Å². The zero-order valence-electron chi connectivity index (χ0n) is 16.4. The van der Waals surface area contributed by atoms with Crippen LogP contribution in [0.15, 0.2) is 48.5 Å². The molecule has 2 amide bonds. The minimum Gasteiger partial charge on any atom is -0.369 e. The molecule has 1 aliphatic carbocycles. The van der Waals surface area contributed by atoms with E-state index in [4.69, 9.17) is 11.5 Å². The molecule has 29 heavy (non-hydrogen) atoms. The average Bonchev–Trinajstić information content (AvgIpc) is 2.70. The Morgan fingerprint density at radius 1 is 0.793 bits per heavy atom. The van der Waals surface area contributed by atoms with Crippen LogP contribution in [0.4, 0.5) is 0 Å². The molecule has 2 aromatic carbocycles. The Balaban J connectivity index is 1.79. The number of amides is 2. The van der Waals surface area contributed by atoms with Gasteiger partial charge < -0.3 is 11.5 Å². The van der Waals surface area contributed by atoms with Crippen LogP contribution in [0.5, 0.6) is 0 Å². The van der Waals surface area contributed by atoms with Crippen molar-refractivity contribution in [2.45, 2.75) is 36.0 Å². The Kier molecular flexibility index (Phi) is 3.12. The van der Waals surface area contributed by atoms with Crippen molar-refractivity contribution in [2.24, 2.45) is 16.9 Å². The first-order valence-corrected chi connectivity index (χ1v) is 10.1. The SMILES string of the molecule is CN1C2C3c4ccccc4[C@H]1C(C(N)=O)(C(N)=O)[C@@H]1C2c2ccccc2C3N1C. The van der Waals surface area contributed by atoms with Gasteiger partial charge in [-0.3, -0.25) is 19.4 Å². The summed E-state index contributed by atoms with van der Waals surface area (Å²) in [4.78, 5) is 30.8. The quantitative estimate of drug-likeness (QED) is 0.758. The maximum Gasteiger partial charge on any atom is 0.236 e. The lowest BCUT2D eigenvalue weighted by Gasteiger charge is -2.71. The number of nitrogens with two attached hydrogens (primary N) is 2. The smallest absolute Gasteiger partial charge is 0.236 e. The summed E-state index contributed by atoms with van der Waals surface area (Å²) in [5, 5.41) is 0. The summed E-state index contributed by atoms with van der Waals surface area (Å²) in [5.41, 5.74) is 15.3. The second-order valence-electron chi connectivity index (χ2n) is 9.02. The van der Waals surface area contributed by atoms with Gasteiger partial charge in [0.05, 0.1) is 6.04 Å². The molecule has 2 fully saturated rings. The molecular weight excluding hydrogens is 364 g/mol. The van der Waals surface area contributed by atoms with E-state index in [1.54, 1.807) is 0 Å². The molecule has 6 nitrogen and oxygen atoms in total. The monoisotopic (exact) mass is 388 g/mol. The summed E-state index contributed by atoms with van der Waals surface area (Å²) in [6, 6.07) is 16.1. The third kappa shape index (κ3) is 1.65. The van der Waals surface area contributed by atoms with Gasteiger partial charge in [-0.2, -0.15) is 0 Å². The van der Waals surface area contributed by atoms with Crippen LogP contribution in [0.2, 0.25) is 0 Å². The fourth-order valence-corrected chi connectivity index (χ4v) is 7.46. The Bertz CT molecular complexity index is 1070. The third-order valence-corrected chi connectivity index (χ3v) is 8.21. The lowest BCUT2D eigenvalue weighted by atomic mass is 9.47. The van der Waals surface area contributed by atoms with Gasteiger partial charge in [-0.25, -0.2) is 0 Å². The number of carbonyl (C=O) groups excluding carboxylic acids is 2. The first kappa shape index (κ1) is 17.2. The summed E-state index contributed by atoms with van der Waals surface area (Å²) in [7, 11) is 4.05. The van der Waals surface area contributed by atoms with Crippen molar-refractivity contribution >= 4 is 11.8 Å². The van der Waals surface area contributed by atoms with Crippen molar-refractivity contribution in [2.75, 3.05) is 14.1 Å². The topological polar surface area (TPSA) is 92.7 Å². The van der Waals surface area contributed by atoms with Crippen molar-refractivity contribution in [3.05, 3.63) is 70.8 Å². The van der Waals surface area contributed by atoms with E-state index in [0.717, 1.165) is 5.56 Å². The fourth-order valence-electron chi connectivity index (χ4n) is 7.46. The van der Waals surface area contributed by atoms with Crippen LogP contribution in [-0.2, 0) is 9.59 Å². The minimum absolute atomic E-state index is 0.0131. The predicted octanol–water partition coefficient (Wildman–Crippen LogP) is 1.25. The molecule has 4 aliphatic heterocycles. The van der Waals surface area contributed by atoms with Crippen LogP contribution < -0.4 is 11.5 Å². The van der Waals surface area contributed by atoms with E-state index in [9.17, 15) is 9.59 Å². The van der Waals surface area contributed by atoms with Gasteiger partial charge in [0.1, 0.15) is 0 Å². The number of primary amides is 2. The average molecular weight is 388 g/mol. The Labute approximate surface area is 169 Å². The molecule has 4 heterocycles. The molecule has 0 radical (unpaired) electrons. The van der Waals surface area contributed by atoms with E-state index in [1.807, 2.05) is 38.4 Å². The summed E-state index contributed by atoms with van der Waals surface area (Å²) in [6.07, 6.45) is 0. The molecule has 2 saturated heterocycles. The summed E-state index contributed by atoms with van der Waals surface area (Å²) >= 11 is 0. The van der Waals surface area contributed by atoms with Gasteiger partial charge in [0.25, 0.3) is 0 Å². The van der Waals surface area contributed by atoms with Crippen molar-refractivity contribution in [3.63, 3.8) is 0 Å². The highest BCUT2D eigenvalue weighted by atomic mass is 16.2. The zero-order chi connectivity index (χ0) is 20.2. The summed E-state index contributed by atoms with van der Waals surface area (Å²) in [5.74, 6) is -1.00. The van der Waals surface area contributed by atoms with Crippen LogP contribution in [0.25, 0.3) is 0 Å². The van der Waals surface area contributed by atoms with Crippen LogP contribution in [0.3, 0.4) is 0 Å². The number of hydrogen-bond donors (Lipinski definition) is 2. The van der Waals surface area contributed by atoms with Gasteiger partial charge >= 0.3 is 0 Å². The Morgan fingerprint density at radius 2 is 1.31 bits per heavy atom. The molecule has 2 aromatic rings. The Hall–Kier alpha value is -2.70. The molecular formula is C23H24N4O2. The number of carbonyl (C=O) groups is 2. The Morgan fingerprint density at radius 3 is 1.90 bits per heavy atom. The molecule has 6 heteroatoms. The third-order valence-electron chi connectivity index (χ3n) is 8.21. The van der Waals surface area contributed by atoms with Crippen molar-refractivity contribution in [3.8, 4) is 0 Å². The normalized spacial score (nSPS) is 35.8. The van der Waals surface area contributed by atoms with Crippen molar-refractivity contribution in [1.29, 1.82) is 0 Å². The number of nitrogens with zero attached hydrogens (tertiary/aromatic N) is 2. The summed E-state index contributed by atoms with van der Waals surface area (Å²) < 4.78 is 0. The molecule has 0 spiro atoms. The number of fused-ring (bicyclic) bond motifs is 3. The van der Waals surface area contributed by atoms with Crippen molar-refractivity contribution in [1.82, 2.24) is 9.80 Å². The van der Waals surface area contributed by atoms with Gasteiger partial charge in [0.15, 0.2) is 5.41 Å². The predicted molar refractivity (Wildman–Crippen MR) is 108 cm³/mol. The van der Waals surface area contributed by atoms with Gasteiger partial charge in [0, 0.05) is 30.0 Å². The lowest BCUT2D eigenvalue weighted by Crippen LogP contribution is -2.79. The highest BCUT2D eigenvalue weighted by molar-refractivity contribution is 6.06. The summed E-state index contributed by atoms with van der Waals surface area (Å²) in [6.45, 7) is 0. The van der Waals surface area contributed by atoms with Gasteiger partial charge in [-0.15, -0.1) is 0 Å². The molecule has 6 atom stereocenters.